The van der Waals surface area contributed by atoms with Gasteiger partial charge in [-0.2, -0.15) is 13.2 Å². The molecule has 2 atom stereocenters. The van der Waals surface area contributed by atoms with Gasteiger partial charge in [0.25, 0.3) is 0 Å². The maximum absolute atomic E-state index is 12.9. The van der Waals surface area contributed by atoms with Crippen LogP contribution in [0, 0.1) is 0 Å². The van der Waals surface area contributed by atoms with E-state index >= 15 is 0 Å². The minimum Gasteiger partial charge on any atom is -0.365 e. The maximum atomic E-state index is 12.9. The third-order valence-corrected chi connectivity index (χ3v) is 4.51. The van der Waals surface area contributed by atoms with Gasteiger partial charge < -0.3 is 4.90 Å². The standard InChI is InChI=1S/C15H15ClF3NO/c16-10-4-9(15(17,18)19)5-13(6-10)20-11-2-1-3-12(20)8-14(21)7-11/h4-6,11-12H,1-3,7-8H2. The molecule has 0 saturated carbocycles. The summed E-state index contributed by atoms with van der Waals surface area (Å²) in [7, 11) is 0. The van der Waals surface area contributed by atoms with Crippen molar-refractivity contribution in [2.24, 2.45) is 0 Å². The number of carbonyl (C=O) groups excluding carboxylic acids is 1. The van der Waals surface area contributed by atoms with Gasteiger partial charge in [-0.15, -0.1) is 0 Å². The highest BCUT2D eigenvalue weighted by molar-refractivity contribution is 6.31. The first-order chi connectivity index (χ1) is 9.84. The van der Waals surface area contributed by atoms with Crippen LogP contribution in [0.3, 0.4) is 0 Å². The first-order valence-corrected chi connectivity index (χ1v) is 7.40. The van der Waals surface area contributed by atoms with E-state index in [1.54, 1.807) is 6.07 Å². The molecule has 2 heterocycles. The van der Waals surface area contributed by atoms with Crippen LogP contribution in [0.15, 0.2) is 18.2 Å². The predicted octanol–water partition coefficient (Wildman–Crippen LogP) is 4.45. The van der Waals surface area contributed by atoms with E-state index in [0.29, 0.717) is 18.5 Å². The summed E-state index contributed by atoms with van der Waals surface area (Å²) in [5.74, 6) is 0.207. The summed E-state index contributed by atoms with van der Waals surface area (Å²) >= 11 is 5.87. The first kappa shape index (κ1) is 14.7. The van der Waals surface area contributed by atoms with Crippen molar-refractivity contribution < 1.29 is 18.0 Å². The highest BCUT2D eigenvalue weighted by atomic mass is 35.5. The zero-order valence-corrected chi connectivity index (χ0v) is 12.0. The molecule has 114 valence electrons. The second-order valence-corrected chi connectivity index (χ2v) is 6.23. The summed E-state index contributed by atoms with van der Waals surface area (Å²) < 4.78 is 38.8. The third-order valence-electron chi connectivity index (χ3n) is 4.30. The van der Waals surface area contributed by atoms with Crippen molar-refractivity contribution in [1.29, 1.82) is 0 Å². The lowest BCUT2D eigenvalue weighted by molar-refractivity contribution is -0.137. The molecule has 0 N–H and O–H groups in total. The molecular formula is C15H15ClF3NO. The molecule has 1 aromatic rings. The Bertz CT molecular complexity index is 557. The molecule has 2 aliphatic rings. The minimum atomic E-state index is -4.42. The molecule has 2 nitrogen and oxygen atoms in total. The molecule has 1 aromatic carbocycles. The van der Waals surface area contributed by atoms with Crippen molar-refractivity contribution in [3.63, 3.8) is 0 Å². The lowest BCUT2D eigenvalue weighted by Crippen LogP contribution is -2.52. The number of piperidine rings is 2. The fraction of sp³-hybridized carbons (Fsp3) is 0.533. The maximum Gasteiger partial charge on any atom is 0.416 e. The average molecular weight is 318 g/mol. The third kappa shape index (κ3) is 2.89. The minimum absolute atomic E-state index is 0.00421. The van der Waals surface area contributed by atoms with Crippen LogP contribution in [0.25, 0.3) is 0 Å². The van der Waals surface area contributed by atoms with Crippen molar-refractivity contribution in [1.82, 2.24) is 0 Å². The van der Waals surface area contributed by atoms with Crippen LogP contribution in [-0.4, -0.2) is 17.9 Å². The zero-order valence-electron chi connectivity index (χ0n) is 11.3. The molecule has 0 aromatic heterocycles. The highest BCUT2D eigenvalue weighted by Gasteiger charge is 2.39. The van der Waals surface area contributed by atoms with Crippen molar-refractivity contribution in [2.45, 2.75) is 50.4 Å². The Labute approximate surface area is 125 Å². The van der Waals surface area contributed by atoms with E-state index in [-0.39, 0.29) is 22.9 Å². The molecule has 2 unspecified atom stereocenters. The van der Waals surface area contributed by atoms with E-state index in [0.717, 1.165) is 31.4 Å². The predicted molar refractivity (Wildman–Crippen MR) is 74.6 cm³/mol. The summed E-state index contributed by atoms with van der Waals surface area (Å²) in [4.78, 5) is 13.7. The molecule has 0 spiro atoms. The number of fused-ring (bicyclic) bond motifs is 2. The Balaban J connectivity index is 2.00. The van der Waals surface area contributed by atoms with Gasteiger partial charge in [-0.05, 0) is 37.5 Å². The number of carbonyl (C=O) groups is 1. The van der Waals surface area contributed by atoms with Crippen LogP contribution in [0.5, 0.6) is 0 Å². The Kier molecular flexibility index (Phi) is 3.64. The van der Waals surface area contributed by atoms with Crippen LogP contribution in [-0.2, 0) is 11.0 Å². The van der Waals surface area contributed by atoms with Crippen molar-refractivity contribution >= 4 is 23.1 Å². The number of hydrogen-bond acceptors (Lipinski definition) is 2. The van der Waals surface area contributed by atoms with Crippen LogP contribution in [0.1, 0.15) is 37.7 Å². The van der Waals surface area contributed by atoms with Gasteiger partial charge in [0.1, 0.15) is 5.78 Å². The topological polar surface area (TPSA) is 20.3 Å². The van der Waals surface area contributed by atoms with E-state index < -0.39 is 11.7 Å². The van der Waals surface area contributed by atoms with Gasteiger partial charge in [0.2, 0.25) is 0 Å². The fourth-order valence-electron chi connectivity index (χ4n) is 3.48. The molecule has 0 amide bonds. The molecule has 0 radical (unpaired) electrons. The van der Waals surface area contributed by atoms with Gasteiger partial charge >= 0.3 is 6.18 Å². The van der Waals surface area contributed by atoms with Gasteiger partial charge in [0.15, 0.2) is 0 Å². The lowest BCUT2D eigenvalue weighted by Gasteiger charge is -2.47. The number of hydrogen-bond donors (Lipinski definition) is 0. The first-order valence-electron chi connectivity index (χ1n) is 7.02. The average Bonchev–Trinajstić information content (AvgIpc) is 2.35. The number of anilines is 1. The Morgan fingerprint density at radius 3 is 2.29 bits per heavy atom. The van der Waals surface area contributed by atoms with Gasteiger partial charge in [-0.25, -0.2) is 0 Å². The fourth-order valence-corrected chi connectivity index (χ4v) is 3.71. The summed E-state index contributed by atoms with van der Waals surface area (Å²) in [6, 6.07) is 3.66. The number of halogens is 4. The van der Waals surface area contributed by atoms with Gasteiger partial charge in [0.05, 0.1) is 5.56 Å². The summed E-state index contributed by atoms with van der Waals surface area (Å²) in [6.07, 6.45) is -0.868. The van der Waals surface area contributed by atoms with Crippen LogP contribution >= 0.6 is 11.6 Å². The van der Waals surface area contributed by atoms with E-state index in [9.17, 15) is 18.0 Å². The number of alkyl halides is 3. The molecule has 2 aliphatic heterocycles. The molecule has 21 heavy (non-hydrogen) atoms. The van der Waals surface area contributed by atoms with Crippen molar-refractivity contribution in [3.05, 3.63) is 28.8 Å². The van der Waals surface area contributed by atoms with Crippen molar-refractivity contribution in [2.75, 3.05) is 4.90 Å². The molecule has 2 saturated heterocycles. The van der Waals surface area contributed by atoms with Crippen LogP contribution < -0.4 is 4.90 Å². The van der Waals surface area contributed by atoms with Crippen LogP contribution in [0.2, 0.25) is 5.02 Å². The molecule has 6 heteroatoms. The summed E-state index contributed by atoms with van der Waals surface area (Å²) in [6.45, 7) is 0. The van der Waals surface area contributed by atoms with Gasteiger partial charge in [0, 0.05) is 35.6 Å². The number of nitrogens with zero attached hydrogens (tertiary/aromatic N) is 1. The monoisotopic (exact) mass is 317 g/mol. The van der Waals surface area contributed by atoms with E-state index in [2.05, 4.69) is 0 Å². The molecule has 3 rings (SSSR count). The van der Waals surface area contributed by atoms with Gasteiger partial charge in [-0.3, -0.25) is 4.79 Å². The zero-order chi connectivity index (χ0) is 15.2. The van der Waals surface area contributed by atoms with Crippen molar-refractivity contribution in [3.8, 4) is 0 Å². The van der Waals surface area contributed by atoms with E-state index in [1.807, 2.05) is 4.90 Å². The number of Topliss-reactive ketones (excluding diaryl/α,β-unsaturated/α-hetero) is 1. The quantitative estimate of drug-likeness (QED) is 0.762. The van der Waals surface area contributed by atoms with E-state index in [4.69, 9.17) is 11.6 Å². The molecule has 2 bridgehead atoms. The lowest BCUT2D eigenvalue weighted by atomic mass is 9.83. The molecule has 0 aliphatic carbocycles. The van der Waals surface area contributed by atoms with Gasteiger partial charge in [-0.1, -0.05) is 11.6 Å². The highest BCUT2D eigenvalue weighted by Crippen LogP contribution is 2.40. The second kappa shape index (κ2) is 5.20. The molecular weight excluding hydrogens is 303 g/mol. The Morgan fingerprint density at radius 2 is 1.71 bits per heavy atom. The normalized spacial score (nSPS) is 26.1. The summed E-state index contributed by atoms with van der Waals surface area (Å²) in [5.41, 5.74) is -0.253. The number of ketones is 1. The molecule has 2 fully saturated rings. The SMILES string of the molecule is O=C1CC2CCCC(C1)N2c1cc(Cl)cc(C(F)(F)F)c1. The van der Waals surface area contributed by atoms with Crippen LogP contribution in [0.4, 0.5) is 18.9 Å². The smallest absolute Gasteiger partial charge is 0.365 e. The Hall–Kier alpha value is -1.23. The number of benzene rings is 1. The Morgan fingerprint density at radius 1 is 1.10 bits per heavy atom. The van der Waals surface area contributed by atoms with E-state index in [1.165, 1.54) is 0 Å². The second-order valence-electron chi connectivity index (χ2n) is 5.79. The largest absolute Gasteiger partial charge is 0.416 e. The summed E-state index contributed by atoms with van der Waals surface area (Å²) in [5, 5.41) is 0.0785. The number of rotatable bonds is 1.